The minimum Gasteiger partial charge on any atom is -0.243 e. The Hall–Kier alpha value is -1.03. The van der Waals surface area contributed by atoms with Gasteiger partial charge in [-0.3, -0.25) is 0 Å². The van der Waals surface area contributed by atoms with E-state index in [1.807, 2.05) is 30.1 Å². The van der Waals surface area contributed by atoms with E-state index in [-0.39, 0.29) is 0 Å². The molecule has 2 aromatic rings. The van der Waals surface area contributed by atoms with Gasteiger partial charge in [0.15, 0.2) is 0 Å². The van der Waals surface area contributed by atoms with Crippen molar-refractivity contribution in [1.29, 1.82) is 5.26 Å². The minimum absolute atomic E-state index is 0.580. The molecule has 0 unspecified atom stereocenters. The van der Waals surface area contributed by atoms with Crippen LogP contribution >= 0.6 is 34.9 Å². The summed E-state index contributed by atoms with van der Waals surface area (Å²) >= 11 is 5.05. The molecule has 0 aliphatic heterocycles. The van der Waals surface area contributed by atoms with Crippen LogP contribution in [0.3, 0.4) is 0 Å². The maximum atomic E-state index is 9.31. The third kappa shape index (κ3) is 3.75. The molecule has 6 heteroatoms. The van der Waals surface area contributed by atoms with Gasteiger partial charge in [0.25, 0.3) is 0 Å². The molecule has 0 radical (unpaired) electrons. The molecule has 0 aliphatic carbocycles. The number of aryl methyl sites for hydroxylation is 1. The Morgan fingerprint density at radius 3 is 2.85 bits per heavy atom. The highest BCUT2D eigenvalue weighted by atomic mass is 32.2. The van der Waals surface area contributed by atoms with E-state index in [0.717, 1.165) is 26.4 Å². The standard InChI is InChI=1S/C14H15N3S3/c1-9(2)19-8-20-13-11(7-15)10(3)6-12(17-13)14-16-4-5-18-14/h4-6,9H,8H2,1-3H3. The SMILES string of the molecule is Cc1cc(-c2nccs2)nc(SCSC(C)C)c1C#N. The van der Waals surface area contributed by atoms with E-state index in [4.69, 9.17) is 0 Å². The molecule has 0 atom stereocenters. The van der Waals surface area contributed by atoms with Crippen molar-refractivity contribution in [3.8, 4) is 16.8 Å². The molecule has 0 bridgehead atoms. The minimum atomic E-state index is 0.580. The van der Waals surface area contributed by atoms with Crippen molar-refractivity contribution in [2.45, 2.75) is 31.0 Å². The van der Waals surface area contributed by atoms with Crippen LogP contribution in [0.5, 0.6) is 0 Å². The van der Waals surface area contributed by atoms with Gasteiger partial charge in [0, 0.05) is 16.7 Å². The average Bonchev–Trinajstić information content (AvgIpc) is 2.91. The predicted octanol–water partition coefficient (Wildman–Crippen LogP) is 4.58. The van der Waals surface area contributed by atoms with Crippen molar-refractivity contribution in [2.75, 3.05) is 5.08 Å². The Morgan fingerprint density at radius 2 is 2.25 bits per heavy atom. The molecule has 0 aliphatic rings. The number of aromatic nitrogens is 2. The second-order valence-electron chi connectivity index (χ2n) is 4.43. The number of hydrogen-bond donors (Lipinski definition) is 0. The second kappa shape index (κ2) is 7.11. The van der Waals surface area contributed by atoms with Gasteiger partial charge in [-0.1, -0.05) is 25.6 Å². The molecular weight excluding hydrogens is 306 g/mol. The smallest absolute Gasteiger partial charge is 0.141 e. The summed E-state index contributed by atoms with van der Waals surface area (Å²) in [5.74, 6) is 0. The number of nitriles is 1. The third-order valence-corrected chi connectivity index (χ3v) is 5.59. The van der Waals surface area contributed by atoms with Crippen molar-refractivity contribution in [2.24, 2.45) is 0 Å². The fourth-order valence-corrected chi connectivity index (χ4v) is 4.49. The number of nitrogens with zero attached hydrogens (tertiary/aromatic N) is 3. The van der Waals surface area contributed by atoms with Gasteiger partial charge in [-0.05, 0) is 23.8 Å². The van der Waals surface area contributed by atoms with E-state index in [9.17, 15) is 5.26 Å². The van der Waals surface area contributed by atoms with E-state index in [1.165, 1.54) is 0 Å². The topological polar surface area (TPSA) is 49.6 Å². The van der Waals surface area contributed by atoms with Gasteiger partial charge >= 0.3 is 0 Å². The molecule has 0 saturated heterocycles. The summed E-state index contributed by atoms with van der Waals surface area (Å²) in [6.45, 7) is 6.29. The maximum absolute atomic E-state index is 9.31. The number of pyridine rings is 1. The summed E-state index contributed by atoms with van der Waals surface area (Å²) in [5.41, 5.74) is 2.50. The van der Waals surface area contributed by atoms with Gasteiger partial charge < -0.3 is 0 Å². The lowest BCUT2D eigenvalue weighted by Crippen LogP contribution is -1.95. The largest absolute Gasteiger partial charge is 0.243 e. The molecular formula is C14H15N3S3. The van der Waals surface area contributed by atoms with Crippen molar-refractivity contribution in [3.05, 3.63) is 28.8 Å². The van der Waals surface area contributed by atoms with Crippen molar-refractivity contribution < 1.29 is 0 Å². The lowest BCUT2D eigenvalue weighted by atomic mass is 10.1. The number of thiazole rings is 1. The lowest BCUT2D eigenvalue weighted by molar-refractivity contribution is 1.09. The molecule has 0 amide bonds. The quantitative estimate of drug-likeness (QED) is 0.596. The first-order valence-electron chi connectivity index (χ1n) is 6.18. The van der Waals surface area contributed by atoms with Gasteiger partial charge in [-0.2, -0.15) is 5.26 Å². The monoisotopic (exact) mass is 321 g/mol. The van der Waals surface area contributed by atoms with Crippen LogP contribution in [0.15, 0.2) is 22.7 Å². The molecule has 0 spiro atoms. The van der Waals surface area contributed by atoms with Crippen LogP contribution in [0.2, 0.25) is 0 Å². The summed E-state index contributed by atoms with van der Waals surface area (Å²) < 4.78 is 0. The fraction of sp³-hybridized carbons (Fsp3) is 0.357. The Kier molecular flexibility index (Phi) is 5.46. The second-order valence-corrected chi connectivity index (χ2v) is 8.22. The molecule has 3 nitrogen and oxygen atoms in total. The highest BCUT2D eigenvalue weighted by Gasteiger charge is 2.13. The number of thioether (sulfide) groups is 2. The highest BCUT2D eigenvalue weighted by molar-refractivity contribution is 8.16. The first-order valence-corrected chi connectivity index (χ1v) is 9.09. The van der Waals surface area contributed by atoms with Crippen LogP contribution in [0, 0.1) is 18.3 Å². The highest BCUT2D eigenvalue weighted by Crippen LogP contribution is 2.31. The average molecular weight is 321 g/mol. The van der Waals surface area contributed by atoms with E-state index in [2.05, 4.69) is 29.9 Å². The third-order valence-electron chi connectivity index (χ3n) is 2.54. The summed E-state index contributed by atoms with van der Waals surface area (Å²) in [4.78, 5) is 8.91. The molecule has 2 rings (SSSR count). The Morgan fingerprint density at radius 1 is 1.45 bits per heavy atom. The Bertz CT molecular complexity index is 615. The Labute approximate surface area is 131 Å². The van der Waals surface area contributed by atoms with Crippen LogP contribution in [0.4, 0.5) is 0 Å². The summed E-state index contributed by atoms with van der Waals surface area (Å²) in [7, 11) is 0. The maximum Gasteiger partial charge on any atom is 0.141 e. The number of hydrogen-bond acceptors (Lipinski definition) is 6. The van der Waals surface area contributed by atoms with Gasteiger partial charge in [0.1, 0.15) is 21.8 Å². The van der Waals surface area contributed by atoms with Crippen molar-refractivity contribution >= 4 is 34.9 Å². The molecule has 2 heterocycles. The van der Waals surface area contributed by atoms with Crippen LogP contribution < -0.4 is 0 Å². The molecule has 20 heavy (non-hydrogen) atoms. The zero-order valence-electron chi connectivity index (χ0n) is 11.6. The van der Waals surface area contributed by atoms with Gasteiger partial charge in [0.05, 0.1) is 5.56 Å². The van der Waals surface area contributed by atoms with Gasteiger partial charge in [0.2, 0.25) is 0 Å². The molecule has 0 N–H and O–H groups in total. The number of rotatable bonds is 5. The Balaban J connectivity index is 2.30. The van der Waals surface area contributed by atoms with Crippen molar-refractivity contribution in [1.82, 2.24) is 9.97 Å². The fourth-order valence-electron chi connectivity index (χ4n) is 1.57. The van der Waals surface area contributed by atoms with Crippen LogP contribution in [0.25, 0.3) is 10.7 Å². The normalized spacial score (nSPS) is 10.8. The molecule has 2 aromatic heterocycles. The van der Waals surface area contributed by atoms with E-state index in [1.54, 1.807) is 29.3 Å². The molecule has 104 valence electrons. The lowest BCUT2D eigenvalue weighted by Gasteiger charge is -2.09. The van der Waals surface area contributed by atoms with Gasteiger partial charge in [-0.25, -0.2) is 9.97 Å². The molecule has 0 fully saturated rings. The summed E-state index contributed by atoms with van der Waals surface area (Å²) in [6.07, 6.45) is 1.77. The summed E-state index contributed by atoms with van der Waals surface area (Å²) in [5, 5.41) is 14.4. The first kappa shape index (κ1) is 15.4. The summed E-state index contributed by atoms with van der Waals surface area (Å²) in [6, 6.07) is 4.21. The van der Waals surface area contributed by atoms with Crippen molar-refractivity contribution in [3.63, 3.8) is 0 Å². The van der Waals surface area contributed by atoms with Crippen LogP contribution in [0.1, 0.15) is 25.0 Å². The van der Waals surface area contributed by atoms with Crippen LogP contribution in [-0.2, 0) is 0 Å². The first-order chi connectivity index (χ1) is 9.61. The molecule has 0 aromatic carbocycles. The van der Waals surface area contributed by atoms with E-state index >= 15 is 0 Å². The predicted molar refractivity (Wildman–Crippen MR) is 88.2 cm³/mol. The van der Waals surface area contributed by atoms with E-state index in [0.29, 0.717) is 10.8 Å². The zero-order valence-corrected chi connectivity index (χ0v) is 14.0. The van der Waals surface area contributed by atoms with Crippen LogP contribution in [-0.4, -0.2) is 20.3 Å². The molecule has 0 saturated carbocycles. The van der Waals surface area contributed by atoms with Gasteiger partial charge in [-0.15, -0.1) is 23.1 Å². The zero-order chi connectivity index (χ0) is 14.5. The van der Waals surface area contributed by atoms with E-state index < -0.39 is 0 Å².